The first-order valence-corrected chi connectivity index (χ1v) is 6.10. The van der Waals surface area contributed by atoms with E-state index in [9.17, 15) is 0 Å². The van der Waals surface area contributed by atoms with Gasteiger partial charge < -0.3 is 4.90 Å². The molecule has 2 rings (SSSR count). The molecule has 0 aliphatic heterocycles. The molecule has 0 bridgehead atoms. The third kappa shape index (κ3) is 3.31. The molecule has 0 saturated carbocycles. The fraction of sp³-hybridized carbons (Fsp3) is 0.118. The van der Waals surface area contributed by atoms with Gasteiger partial charge in [-0.2, -0.15) is 0 Å². The van der Waals surface area contributed by atoms with Gasteiger partial charge in [0.2, 0.25) is 0 Å². The SMILES string of the molecule is CN(C)[CH]C=C(c1ccccc1)c1ccccc1. The van der Waals surface area contributed by atoms with Crippen LogP contribution in [0.1, 0.15) is 11.1 Å². The third-order valence-corrected chi connectivity index (χ3v) is 2.71. The molecule has 2 aromatic rings. The molecule has 0 aromatic heterocycles. The highest BCUT2D eigenvalue weighted by molar-refractivity contribution is 5.80. The lowest BCUT2D eigenvalue weighted by Gasteiger charge is -2.11. The van der Waals surface area contributed by atoms with Crippen LogP contribution in [0.2, 0.25) is 0 Å². The van der Waals surface area contributed by atoms with E-state index >= 15 is 0 Å². The molecule has 0 aliphatic carbocycles. The average molecular weight is 236 g/mol. The van der Waals surface area contributed by atoms with Gasteiger partial charge in [0.1, 0.15) is 0 Å². The predicted octanol–water partition coefficient (Wildman–Crippen LogP) is 3.84. The molecule has 1 radical (unpaired) electrons. The maximum atomic E-state index is 2.16. The fourth-order valence-electron chi connectivity index (χ4n) is 1.82. The van der Waals surface area contributed by atoms with Crippen LogP contribution in [-0.4, -0.2) is 19.0 Å². The smallest absolute Gasteiger partial charge is 0.0473 e. The minimum absolute atomic E-state index is 1.24. The van der Waals surface area contributed by atoms with Crippen LogP contribution in [-0.2, 0) is 0 Å². The zero-order valence-corrected chi connectivity index (χ0v) is 10.9. The number of nitrogens with zero attached hydrogens (tertiary/aromatic N) is 1. The number of hydrogen-bond donors (Lipinski definition) is 0. The number of hydrogen-bond acceptors (Lipinski definition) is 1. The van der Waals surface area contributed by atoms with Crippen LogP contribution in [0.25, 0.3) is 5.57 Å². The van der Waals surface area contributed by atoms with Crippen molar-refractivity contribution in [1.29, 1.82) is 0 Å². The molecule has 2 aromatic carbocycles. The van der Waals surface area contributed by atoms with E-state index in [0.29, 0.717) is 0 Å². The van der Waals surface area contributed by atoms with Crippen LogP contribution in [0.3, 0.4) is 0 Å². The van der Waals surface area contributed by atoms with E-state index < -0.39 is 0 Å². The number of benzene rings is 2. The molecule has 0 fully saturated rings. The van der Waals surface area contributed by atoms with Gasteiger partial charge in [0, 0.05) is 6.54 Å². The predicted molar refractivity (Wildman–Crippen MR) is 78.0 cm³/mol. The average Bonchev–Trinajstić information content (AvgIpc) is 2.41. The fourth-order valence-corrected chi connectivity index (χ4v) is 1.82. The summed E-state index contributed by atoms with van der Waals surface area (Å²) in [5.74, 6) is 0. The zero-order chi connectivity index (χ0) is 12.8. The van der Waals surface area contributed by atoms with Gasteiger partial charge in [0.05, 0.1) is 0 Å². The van der Waals surface area contributed by atoms with Crippen LogP contribution < -0.4 is 0 Å². The highest BCUT2D eigenvalue weighted by Gasteiger charge is 2.03. The first-order valence-electron chi connectivity index (χ1n) is 6.10. The van der Waals surface area contributed by atoms with E-state index in [1.54, 1.807) is 0 Å². The topological polar surface area (TPSA) is 3.24 Å². The van der Waals surface area contributed by atoms with Gasteiger partial charge in [0.25, 0.3) is 0 Å². The lowest BCUT2D eigenvalue weighted by molar-refractivity contribution is 0.522. The quantitative estimate of drug-likeness (QED) is 0.779. The van der Waals surface area contributed by atoms with E-state index in [1.807, 2.05) is 31.1 Å². The van der Waals surface area contributed by atoms with Crippen LogP contribution in [0.4, 0.5) is 0 Å². The summed E-state index contributed by atoms with van der Waals surface area (Å²) in [5.41, 5.74) is 3.72. The van der Waals surface area contributed by atoms with Crippen molar-refractivity contribution in [2.45, 2.75) is 0 Å². The van der Waals surface area contributed by atoms with Gasteiger partial charge in [0.15, 0.2) is 0 Å². The Bertz CT molecular complexity index is 456. The molecule has 91 valence electrons. The van der Waals surface area contributed by atoms with Crippen molar-refractivity contribution in [3.63, 3.8) is 0 Å². The highest BCUT2D eigenvalue weighted by atomic mass is 15.0. The summed E-state index contributed by atoms with van der Waals surface area (Å²) in [4.78, 5) is 2.05. The second-order valence-electron chi connectivity index (χ2n) is 4.43. The molecule has 0 N–H and O–H groups in total. The van der Waals surface area contributed by atoms with Crippen molar-refractivity contribution in [1.82, 2.24) is 4.90 Å². The van der Waals surface area contributed by atoms with E-state index in [0.717, 1.165) is 0 Å². The molecule has 0 spiro atoms. The Balaban J connectivity index is 2.39. The molecular weight excluding hydrogens is 218 g/mol. The summed E-state index contributed by atoms with van der Waals surface area (Å²) in [6.07, 6.45) is 2.16. The van der Waals surface area contributed by atoms with Crippen molar-refractivity contribution in [2.75, 3.05) is 14.1 Å². The summed E-state index contributed by atoms with van der Waals surface area (Å²) >= 11 is 0. The largest absolute Gasteiger partial charge is 0.301 e. The van der Waals surface area contributed by atoms with Gasteiger partial charge in [-0.15, -0.1) is 0 Å². The van der Waals surface area contributed by atoms with Crippen LogP contribution in [0, 0.1) is 6.54 Å². The maximum absolute atomic E-state index is 2.16. The monoisotopic (exact) mass is 236 g/mol. The van der Waals surface area contributed by atoms with Crippen molar-refractivity contribution in [2.24, 2.45) is 0 Å². The summed E-state index contributed by atoms with van der Waals surface area (Å²) in [6.45, 7) is 2.08. The first-order chi connectivity index (χ1) is 8.77. The zero-order valence-electron chi connectivity index (χ0n) is 10.9. The van der Waals surface area contributed by atoms with E-state index in [1.165, 1.54) is 16.7 Å². The Kier molecular flexibility index (Phi) is 4.32. The summed E-state index contributed by atoms with van der Waals surface area (Å²) in [6, 6.07) is 20.9. The normalized spacial score (nSPS) is 10.4. The van der Waals surface area contributed by atoms with Crippen molar-refractivity contribution < 1.29 is 0 Å². The molecular formula is C17H18N. The lowest BCUT2D eigenvalue weighted by Crippen LogP contribution is -2.05. The molecule has 1 heteroatoms. The van der Waals surface area contributed by atoms with Crippen molar-refractivity contribution in [3.8, 4) is 0 Å². The van der Waals surface area contributed by atoms with E-state index in [-0.39, 0.29) is 0 Å². The molecule has 0 unspecified atom stereocenters. The minimum atomic E-state index is 1.24. The molecule has 0 heterocycles. The second kappa shape index (κ2) is 6.18. The molecule has 0 aliphatic rings. The molecule has 0 saturated heterocycles. The van der Waals surface area contributed by atoms with Gasteiger partial charge >= 0.3 is 0 Å². The van der Waals surface area contributed by atoms with Gasteiger partial charge in [-0.1, -0.05) is 66.7 Å². The minimum Gasteiger partial charge on any atom is -0.301 e. The Morgan fingerprint density at radius 1 is 0.778 bits per heavy atom. The van der Waals surface area contributed by atoms with Gasteiger partial charge in [-0.05, 0) is 30.8 Å². The standard InChI is InChI=1S/C17H18N/c1-18(2)14-13-17(15-9-5-3-6-10-15)16-11-7-4-8-12-16/h3-14H,1-2H3. The lowest BCUT2D eigenvalue weighted by atomic mass is 9.97. The Labute approximate surface area is 109 Å². The first kappa shape index (κ1) is 12.6. The van der Waals surface area contributed by atoms with Crippen LogP contribution in [0.15, 0.2) is 66.7 Å². The Hall–Kier alpha value is -1.86. The van der Waals surface area contributed by atoms with Crippen molar-refractivity contribution in [3.05, 3.63) is 84.4 Å². The van der Waals surface area contributed by atoms with Gasteiger partial charge in [-0.25, -0.2) is 0 Å². The second-order valence-corrected chi connectivity index (χ2v) is 4.43. The van der Waals surface area contributed by atoms with E-state index in [2.05, 4.69) is 61.2 Å². The van der Waals surface area contributed by atoms with Crippen molar-refractivity contribution >= 4 is 5.57 Å². The van der Waals surface area contributed by atoms with Crippen LogP contribution >= 0.6 is 0 Å². The Morgan fingerprint density at radius 3 is 1.61 bits per heavy atom. The van der Waals surface area contributed by atoms with E-state index in [4.69, 9.17) is 0 Å². The molecule has 0 atom stereocenters. The summed E-state index contributed by atoms with van der Waals surface area (Å²) in [5, 5.41) is 0. The maximum Gasteiger partial charge on any atom is 0.0473 e. The number of rotatable bonds is 4. The highest BCUT2D eigenvalue weighted by Crippen LogP contribution is 2.23. The Morgan fingerprint density at radius 2 is 1.22 bits per heavy atom. The summed E-state index contributed by atoms with van der Waals surface area (Å²) < 4.78 is 0. The third-order valence-electron chi connectivity index (χ3n) is 2.71. The van der Waals surface area contributed by atoms with Crippen LogP contribution in [0.5, 0.6) is 0 Å². The van der Waals surface area contributed by atoms with Gasteiger partial charge in [-0.3, -0.25) is 0 Å². The molecule has 0 amide bonds. The molecule has 1 nitrogen and oxygen atoms in total. The number of likely N-dealkylation sites (N-methyl/N-ethyl adjacent to an activating group) is 1. The molecule has 18 heavy (non-hydrogen) atoms. The summed E-state index contributed by atoms with van der Waals surface area (Å²) in [7, 11) is 4.06.